The fraction of sp³-hybridized carbons (Fsp3) is 0.615. The highest BCUT2D eigenvalue weighted by atomic mass is 35.5. The Balaban J connectivity index is 2.00. The highest BCUT2D eigenvalue weighted by Crippen LogP contribution is 2.33. The molecule has 118 valence electrons. The van der Waals surface area contributed by atoms with Crippen molar-refractivity contribution in [3.05, 3.63) is 22.8 Å². The number of rotatable bonds is 4. The average molecular weight is 324 g/mol. The number of halogens is 4. The molecule has 0 atom stereocenters. The van der Waals surface area contributed by atoms with E-state index in [1.165, 1.54) is 0 Å². The van der Waals surface area contributed by atoms with E-state index < -0.39 is 11.7 Å². The molecule has 1 aliphatic rings. The summed E-state index contributed by atoms with van der Waals surface area (Å²) >= 11 is 5.94. The highest BCUT2D eigenvalue weighted by molar-refractivity contribution is 6.33. The van der Waals surface area contributed by atoms with Gasteiger partial charge in [0.1, 0.15) is 5.82 Å². The third kappa shape index (κ3) is 4.21. The second-order valence-electron chi connectivity index (χ2n) is 4.93. The molecule has 1 aromatic heterocycles. The Kier molecular flexibility index (Phi) is 5.29. The van der Waals surface area contributed by atoms with Crippen LogP contribution >= 0.6 is 11.6 Å². The molecule has 4 nitrogen and oxygen atoms in total. The fourth-order valence-corrected chi connectivity index (χ4v) is 2.58. The standard InChI is InChI=1S/C13H17ClF3N3O/c14-11-8-10(13(15,16)17)9-18-12(11)20-5-3-19(4-6-20)2-1-7-21/h8-9,21H,1-7H2. The van der Waals surface area contributed by atoms with Crippen LogP contribution in [0.2, 0.25) is 5.02 Å². The van der Waals surface area contributed by atoms with E-state index in [9.17, 15) is 13.2 Å². The third-order valence-corrected chi connectivity index (χ3v) is 3.73. The Morgan fingerprint density at radius 1 is 1.24 bits per heavy atom. The first-order valence-corrected chi connectivity index (χ1v) is 7.10. The van der Waals surface area contributed by atoms with Crippen molar-refractivity contribution < 1.29 is 18.3 Å². The lowest BCUT2D eigenvalue weighted by atomic mass is 10.2. The van der Waals surface area contributed by atoms with Gasteiger partial charge in [0.05, 0.1) is 10.6 Å². The summed E-state index contributed by atoms with van der Waals surface area (Å²) in [7, 11) is 0. The molecular weight excluding hydrogens is 307 g/mol. The van der Waals surface area contributed by atoms with Gasteiger partial charge in [0, 0.05) is 45.5 Å². The van der Waals surface area contributed by atoms with E-state index in [-0.39, 0.29) is 11.6 Å². The molecule has 0 saturated carbocycles. The number of hydrogen-bond acceptors (Lipinski definition) is 4. The number of anilines is 1. The number of alkyl halides is 3. The van der Waals surface area contributed by atoms with E-state index >= 15 is 0 Å². The van der Waals surface area contributed by atoms with Crippen molar-refractivity contribution in [3.63, 3.8) is 0 Å². The SMILES string of the molecule is OCCCN1CCN(c2ncc(C(F)(F)F)cc2Cl)CC1. The first-order valence-electron chi connectivity index (χ1n) is 6.72. The first kappa shape index (κ1) is 16.3. The van der Waals surface area contributed by atoms with Gasteiger partial charge >= 0.3 is 6.18 Å². The van der Waals surface area contributed by atoms with Crippen LogP contribution in [0.1, 0.15) is 12.0 Å². The zero-order valence-corrected chi connectivity index (χ0v) is 12.2. The Morgan fingerprint density at radius 2 is 1.90 bits per heavy atom. The van der Waals surface area contributed by atoms with Gasteiger partial charge in [-0.1, -0.05) is 11.6 Å². The van der Waals surface area contributed by atoms with Crippen LogP contribution in [0.25, 0.3) is 0 Å². The number of aromatic nitrogens is 1. The topological polar surface area (TPSA) is 39.6 Å². The highest BCUT2D eigenvalue weighted by Gasteiger charge is 2.32. The molecule has 2 heterocycles. The fourth-order valence-electron chi connectivity index (χ4n) is 2.30. The average Bonchev–Trinajstić information content (AvgIpc) is 2.45. The van der Waals surface area contributed by atoms with Crippen molar-refractivity contribution in [2.24, 2.45) is 0 Å². The molecule has 0 bridgehead atoms. The molecule has 8 heteroatoms. The normalized spacial score (nSPS) is 17.3. The molecule has 0 radical (unpaired) electrons. The molecule has 1 N–H and O–H groups in total. The van der Waals surface area contributed by atoms with Crippen LogP contribution in [0.3, 0.4) is 0 Å². The molecule has 0 spiro atoms. The maximum atomic E-state index is 12.6. The zero-order chi connectivity index (χ0) is 15.5. The summed E-state index contributed by atoms with van der Waals surface area (Å²) in [6, 6.07) is 0.919. The maximum Gasteiger partial charge on any atom is 0.417 e. The molecule has 1 saturated heterocycles. The zero-order valence-electron chi connectivity index (χ0n) is 11.4. The van der Waals surface area contributed by atoms with Crippen molar-refractivity contribution >= 4 is 17.4 Å². The van der Waals surface area contributed by atoms with Crippen LogP contribution in [-0.2, 0) is 6.18 Å². The number of nitrogens with zero attached hydrogens (tertiary/aromatic N) is 3. The lowest BCUT2D eigenvalue weighted by Crippen LogP contribution is -2.47. The number of hydrogen-bond donors (Lipinski definition) is 1. The van der Waals surface area contributed by atoms with Crippen molar-refractivity contribution in [1.82, 2.24) is 9.88 Å². The van der Waals surface area contributed by atoms with Crippen LogP contribution in [0.5, 0.6) is 0 Å². The molecule has 0 unspecified atom stereocenters. The van der Waals surface area contributed by atoms with Crippen LogP contribution in [0.15, 0.2) is 12.3 Å². The summed E-state index contributed by atoms with van der Waals surface area (Å²) in [5, 5.41) is 8.82. The quantitative estimate of drug-likeness (QED) is 0.922. The maximum absolute atomic E-state index is 12.6. The lowest BCUT2D eigenvalue weighted by Gasteiger charge is -2.35. The van der Waals surface area contributed by atoms with Crippen molar-refractivity contribution in [2.75, 3.05) is 44.2 Å². The largest absolute Gasteiger partial charge is 0.417 e. The van der Waals surface area contributed by atoms with Gasteiger partial charge in [0.2, 0.25) is 0 Å². The number of pyridine rings is 1. The predicted molar refractivity (Wildman–Crippen MR) is 74.6 cm³/mol. The van der Waals surface area contributed by atoms with Gasteiger partial charge in [0.25, 0.3) is 0 Å². The van der Waals surface area contributed by atoms with E-state index in [1.54, 1.807) is 0 Å². The molecule has 1 aromatic rings. The molecule has 1 fully saturated rings. The number of piperazine rings is 1. The Hall–Kier alpha value is -1.05. The van der Waals surface area contributed by atoms with E-state index in [1.807, 2.05) is 4.90 Å². The molecule has 0 aliphatic carbocycles. The van der Waals surface area contributed by atoms with E-state index in [4.69, 9.17) is 16.7 Å². The monoisotopic (exact) mass is 323 g/mol. The van der Waals surface area contributed by atoms with Crippen LogP contribution in [0.4, 0.5) is 19.0 Å². The number of aliphatic hydroxyl groups excluding tert-OH is 1. The summed E-state index contributed by atoms with van der Waals surface area (Å²) in [5.41, 5.74) is -0.835. The molecule has 0 amide bonds. The summed E-state index contributed by atoms with van der Waals surface area (Å²) in [6.07, 6.45) is -2.89. The van der Waals surface area contributed by atoms with E-state index in [2.05, 4.69) is 9.88 Å². The van der Waals surface area contributed by atoms with Crippen molar-refractivity contribution in [1.29, 1.82) is 0 Å². The third-order valence-electron chi connectivity index (χ3n) is 3.45. The summed E-state index contributed by atoms with van der Waals surface area (Å²) in [5.74, 6) is 0.395. The van der Waals surface area contributed by atoms with Gasteiger partial charge in [0.15, 0.2) is 0 Å². The predicted octanol–water partition coefficient (Wildman–Crippen LogP) is 2.26. The van der Waals surface area contributed by atoms with Crippen LogP contribution in [0, 0.1) is 0 Å². The molecular formula is C13H17ClF3N3O. The van der Waals surface area contributed by atoms with Gasteiger partial charge in [-0.25, -0.2) is 4.98 Å². The molecule has 2 rings (SSSR count). The molecule has 0 aromatic carbocycles. The Bertz CT molecular complexity index is 476. The summed E-state index contributed by atoms with van der Waals surface area (Å²) < 4.78 is 37.7. The van der Waals surface area contributed by atoms with Gasteiger partial charge in [-0.05, 0) is 12.5 Å². The Morgan fingerprint density at radius 3 is 2.43 bits per heavy atom. The van der Waals surface area contributed by atoms with E-state index in [0.717, 1.165) is 38.3 Å². The second kappa shape index (κ2) is 6.81. The van der Waals surface area contributed by atoms with Gasteiger partial charge in [-0.15, -0.1) is 0 Å². The first-order chi connectivity index (χ1) is 9.91. The molecule has 1 aliphatic heterocycles. The minimum Gasteiger partial charge on any atom is -0.396 e. The Labute approximate surface area is 126 Å². The van der Waals surface area contributed by atoms with Gasteiger partial charge in [-0.3, -0.25) is 4.90 Å². The molecule has 21 heavy (non-hydrogen) atoms. The minimum atomic E-state index is -4.43. The summed E-state index contributed by atoms with van der Waals surface area (Å²) in [6.45, 7) is 3.84. The lowest BCUT2D eigenvalue weighted by molar-refractivity contribution is -0.137. The van der Waals surface area contributed by atoms with Crippen LogP contribution in [-0.4, -0.2) is 54.3 Å². The van der Waals surface area contributed by atoms with Gasteiger partial charge in [-0.2, -0.15) is 13.2 Å². The number of aliphatic hydroxyl groups is 1. The van der Waals surface area contributed by atoms with Crippen molar-refractivity contribution in [3.8, 4) is 0 Å². The smallest absolute Gasteiger partial charge is 0.396 e. The van der Waals surface area contributed by atoms with Gasteiger partial charge < -0.3 is 10.0 Å². The van der Waals surface area contributed by atoms with Crippen molar-refractivity contribution in [2.45, 2.75) is 12.6 Å². The second-order valence-corrected chi connectivity index (χ2v) is 5.34. The van der Waals surface area contributed by atoms with Crippen LogP contribution < -0.4 is 4.90 Å². The van der Waals surface area contributed by atoms with E-state index in [0.29, 0.717) is 18.9 Å². The summed E-state index contributed by atoms with van der Waals surface area (Å²) in [4.78, 5) is 7.96. The minimum absolute atomic E-state index is 0.0219.